The minimum Gasteiger partial charge on any atom is -0.379 e. The maximum atomic E-state index is 12.1. The summed E-state index contributed by atoms with van der Waals surface area (Å²) in [6.45, 7) is 9.33. The Kier molecular flexibility index (Phi) is 4.04. The standard InChI is InChI=1S/C13H20N2O2S/c1-13(2,3)11-5-4-10(18-11)12(16)14-15-6-8-17-9-7-15/h4-5H,6-9H2,1-3H3,(H,14,16). The first-order valence-electron chi connectivity index (χ1n) is 6.21. The molecule has 100 valence electrons. The van der Waals surface area contributed by atoms with Crippen LogP contribution in [0.25, 0.3) is 0 Å². The van der Waals surface area contributed by atoms with E-state index < -0.39 is 0 Å². The molecule has 0 aliphatic carbocycles. The second kappa shape index (κ2) is 5.38. The number of rotatable bonds is 2. The Morgan fingerprint density at radius 2 is 2.00 bits per heavy atom. The molecule has 0 spiro atoms. The maximum Gasteiger partial charge on any atom is 0.275 e. The predicted molar refractivity (Wildman–Crippen MR) is 72.9 cm³/mol. The van der Waals surface area contributed by atoms with Crippen molar-refractivity contribution in [2.75, 3.05) is 26.3 Å². The lowest BCUT2D eigenvalue weighted by Crippen LogP contribution is -2.48. The molecule has 1 aromatic heterocycles. The number of hydrazine groups is 1. The number of thiophene rings is 1. The molecule has 0 bridgehead atoms. The number of hydrogen-bond donors (Lipinski definition) is 1. The summed E-state index contributed by atoms with van der Waals surface area (Å²) in [5, 5.41) is 1.92. The first-order chi connectivity index (χ1) is 8.47. The van der Waals surface area contributed by atoms with Crippen molar-refractivity contribution in [2.24, 2.45) is 0 Å². The van der Waals surface area contributed by atoms with E-state index in [1.807, 2.05) is 17.1 Å². The fourth-order valence-corrected chi connectivity index (χ4v) is 2.69. The number of amides is 1. The van der Waals surface area contributed by atoms with Gasteiger partial charge in [0.2, 0.25) is 0 Å². The zero-order valence-electron chi connectivity index (χ0n) is 11.2. The Morgan fingerprint density at radius 3 is 2.56 bits per heavy atom. The van der Waals surface area contributed by atoms with Crippen LogP contribution in [0.15, 0.2) is 12.1 Å². The minimum atomic E-state index is -0.0163. The summed E-state index contributed by atoms with van der Waals surface area (Å²) >= 11 is 1.57. The zero-order valence-corrected chi connectivity index (χ0v) is 12.0. The van der Waals surface area contributed by atoms with Crippen molar-refractivity contribution in [3.63, 3.8) is 0 Å². The van der Waals surface area contributed by atoms with Crippen LogP contribution in [-0.2, 0) is 10.2 Å². The molecule has 1 fully saturated rings. The molecule has 0 atom stereocenters. The normalized spacial score (nSPS) is 17.7. The smallest absolute Gasteiger partial charge is 0.275 e. The van der Waals surface area contributed by atoms with E-state index in [1.165, 1.54) is 4.88 Å². The van der Waals surface area contributed by atoms with Crippen LogP contribution < -0.4 is 5.43 Å². The van der Waals surface area contributed by atoms with Gasteiger partial charge in [0.1, 0.15) is 0 Å². The number of hydrogen-bond acceptors (Lipinski definition) is 4. The van der Waals surface area contributed by atoms with Crippen LogP contribution in [0.1, 0.15) is 35.3 Å². The topological polar surface area (TPSA) is 41.6 Å². The van der Waals surface area contributed by atoms with E-state index in [0.29, 0.717) is 13.2 Å². The Morgan fingerprint density at radius 1 is 1.33 bits per heavy atom. The van der Waals surface area contributed by atoms with E-state index in [-0.39, 0.29) is 11.3 Å². The second-order valence-electron chi connectivity index (χ2n) is 5.45. The molecule has 0 radical (unpaired) electrons. The molecular formula is C13H20N2O2S. The maximum absolute atomic E-state index is 12.1. The van der Waals surface area contributed by atoms with E-state index in [2.05, 4.69) is 26.2 Å². The lowest BCUT2D eigenvalue weighted by atomic mass is 9.95. The summed E-state index contributed by atoms with van der Waals surface area (Å²) in [6, 6.07) is 3.94. The Balaban J connectivity index is 1.98. The van der Waals surface area contributed by atoms with E-state index in [9.17, 15) is 4.79 Å². The van der Waals surface area contributed by atoms with Crippen LogP contribution in [0.4, 0.5) is 0 Å². The Labute approximate surface area is 112 Å². The minimum absolute atomic E-state index is 0.0163. The molecule has 18 heavy (non-hydrogen) atoms. The number of ether oxygens (including phenoxy) is 1. The van der Waals surface area contributed by atoms with E-state index in [4.69, 9.17) is 4.74 Å². The molecule has 2 heterocycles. The largest absolute Gasteiger partial charge is 0.379 e. The molecule has 1 N–H and O–H groups in total. The molecule has 1 aromatic rings. The van der Waals surface area contributed by atoms with Crippen molar-refractivity contribution < 1.29 is 9.53 Å². The van der Waals surface area contributed by atoms with Gasteiger partial charge < -0.3 is 4.74 Å². The first-order valence-corrected chi connectivity index (χ1v) is 7.02. The summed E-state index contributed by atoms with van der Waals surface area (Å²) in [6.07, 6.45) is 0. The Hall–Kier alpha value is -0.910. The molecule has 1 amide bonds. The molecule has 1 aliphatic heterocycles. The van der Waals surface area contributed by atoms with Crippen molar-refractivity contribution in [1.82, 2.24) is 10.4 Å². The van der Waals surface area contributed by atoms with Crippen molar-refractivity contribution in [1.29, 1.82) is 0 Å². The summed E-state index contributed by atoms with van der Waals surface area (Å²) in [4.78, 5) is 14.1. The molecule has 0 aromatic carbocycles. The van der Waals surface area contributed by atoms with Crippen LogP contribution in [-0.4, -0.2) is 37.2 Å². The van der Waals surface area contributed by atoms with E-state index >= 15 is 0 Å². The van der Waals surface area contributed by atoms with Crippen LogP contribution >= 0.6 is 11.3 Å². The second-order valence-corrected chi connectivity index (χ2v) is 6.54. The third kappa shape index (κ3) is 3.31. The van der Waals surface area contributed by atoms with Crippen molar-refractivity contribution in [2.45, 2.75) is 26.2 Å². The molecule has 4 nitrogen and oxygen atoms in total. The fraction of sp³-hybridized carbons (Fsp3) is 0.615. The summed E-state index contributed by atoms with van der Waals surface area (Å²) in [5.74, 6) is -0.0163. The van der Waals surface area contributed by atoms with Gasteiger partial charge in [-0.25, -0.2) is 5.01 Å². The van der Waals surface area contributed by atoms with Gasteiger partial charge in [-0.3, -0.25) is 10.2 Å². The lowest BCUT2D eigenvalue weighted by molar-refractivity contribution is 0.0127. The highest BCUT2D eigenvalue weighted by Crippen LogP contribution is 2.29. The van der Waals surface area contributed by atoms with E-state index in [0.717, 1.165) is 18.0 Å². The van der Waals surface area contributed by atoms with Crippen LogP contribution in [0.2, 0.25) is 0 Å². The highest BCUT2D eigenvalue weighted by Gasteiger charge is 2.20. The van der Waals surface area contributed by atoms with Gasteiger partial charge in [-0.15, -0.1) is 11.3 Å². The molecule has 1 aliphatic rings. The van der Waals surface area contributed by atoms with Gasteiger partial charge in [0.05, 0.1) is 18.1 Å². The van der Waals surface area contributed by atoms with Crippen LogP contribution in [0.5, 0.6) is 0 Å². The molecule has 2 rings (SSSR count). The average Bonchev–Trinajstić information content (AvgIpc) is 2.79. The van der Waals surface area contributed by atoms with Gasteiger partial charge >= 0.3 is 0 Å². The van der Waals surface area contributed by atoms with Crippen molar-refractivity contribution >= 4 is 17.2 Å². The number of carbonyl (C=O) groups excluding carboxylic acids is 1. The van der Waals surface area contributed by atoms with Gasteiger partial charge in [-0.2, -0.15) is 0 Å². The highest BCUT2D eigenvalue weighted by molar-refractivity contribution is 7.14. The summed E-state index contributed by atoms with van der Waals surface area (Å²) in [5.41, 5.74) is 3.02. The van der Waals surface area contributed by atoms with Gasteiger partial charge in [0, 0.05) is 18.0 Å². The quantitative estimate of drug-likeness (QED) is 0.892. The summed E-state index contributed by atoms with van der Waals surface area (Å²) in [7, 11) is 0. The molecule has 0 unspecified atom stereocenters. The monoisotopic (exact) mass is 268 g/mol. The molecule has 5 heteroatoms. The highest BCUT2D eigenvalue weighted by atomic mass is 32.1. The molecule has 0 saturated carbocycles. The fourth-order valence-electron chi connectivity index (χ4n) is 1.74. The van der Waals surface area contributed by atoms with Gasteiger partial charge in [0.15, 0.2) is 0 Å². The van der Waals surface area contributed by atoms with Crippen molar-refractivity contribution in [3.05, 3.63) is 21.9 Å². The molecule has 1 saturated heterocycles. The zero-order chi connectivity index (χ0) is 13.2. The predicted octanol–water partition coefficient (Wildman–Crippen LogP) is 2.02. The number of nitrogens with zero attached hydrogens (tertiary/aromatic N) is 1. The Bertz CT molecular complexity index is 417. The van der Waals surface area contributed by atoms with E-state index in [1.54, 1.807) is 11.3 Å². The van der Waals surface area contributed by atoms with Gasteiger partial charge in [-0.1, -0.05) is 20.8 Å². The third-order valence-corrected chi connectivity index (χ3v) is 4.35. The summed E-state index contributed by atoms with van der Waals surface area (Å²) < 4.78 is 5.25. The van der Waals surface area contributed by atoms with Crippen LogP contribution in [0, 0.1) is 0 Å². The third-order valence-electron chi connectivity index (χ3n) is 2.84. The number of carbonyl (C=O) groups is 1. The number of nitrogens with one attached hydrogen (secondary N) is 1. The lowest BCUT2D eigenvalue weighted by Gasteiger charge is -2.26. The average molecular weight is 268 g/mol. The van der Waals surface area contributed by atoms with Gasteiger partial charge in [-0.05, 0) is 17.5 Å². The number of morpholine rings is 1. The van der Waals surface area contributed by atoms with Crippen molar-refractivity contribution in [3.8, 4) is 0 Å². The van der Waals surface area contributed by atoms with Crippen LogP contribution in [0.3, 0.4) is 0 Å². The molecular weight excluding hydrogens is 248 g/mol. The first kappa shape index (κ1) is 13.5. The van der Waals surface area contributed by atoms with Gasteiger partial charge in [0.25, 0.3) is 5.91 Å². The SMILES string of the molecule is CC(C)(C)c1ccc(C(=O)NN2CCOCC2)s1.